The van der Waals surface area contributed by atoms with Gasteiger partial charge in [0.2, 0.25) is 0 Å². The molecule has 0 bridgehead atoms. The largest absolute Gasteiger partial charge is 0.349 e. The van der Waals surface area contributed by atoms with Crippen LogP contribution in [0, 0.1) is 5.92 Å². The van der Waals surface area contributed by atoms with Gasteiger partial charge >= 0.3 is 0 Å². The average Bonchev–Trinajstić information content (AvgIpc) is 2.22. The van der Waals surface area contributed by atoms with Crippen molar-refractivity contribution in [2.24, 2.45) is 5.92 Å². The lowest BCUT2D eigenvalue weighted by atomic mass is 9.95. The van der Waals surface area contributed by atoms with E-state index < -0.39 is 5.79 Å². The lowest BCUT2D eigenvalue weighted by Crippen LogP contribution is -2.36. The normalized spacial score (nSPS) is 12.1. The average molecular weight is 195 g/mol. The minimum atomic E-state index is -0.664. The summed E-state index contributed by atoms with van der Waals surface area (Å²) in [6.07, 6.45) is 3.48. The molecule has 0 radical (unpaired) electrons. The topological polar surface area (TPSA) is 31.4 Å². The molecule has 0 saturated carbocycles. The summed E-state index contributed by atoms with van der Waals surface area (Å²) in [7, 11) is 3.31. The summed E-state index contributed by atoms with van der Waals surface area (Å²) >= 11 is 0. The summed E-state index contributed by atoms with van der Waals surface area (Å²) in [5, 5.41) is 0. The third-order valence-corrected chi connectivity index (χ3v) is 2.45. The fourth-order valence-corrected chi connectivity index (χ4v) is 1.71. The van der Waals surface area contributed by atoms with Gasteiger partial charge in [-0.15, -0.1) is 0 Å². The predicted molar refractivity (Wildman–Crippen MR) is 54.8 cm³/mol. The van der Waals surface area contributed by atoms with E-state index in [1.807, 2.05) is 12.1 Å². The van der Waals surface area contributed by atoms with Gasteiger partial charge in [0, 0.05) is 38.1 Å². The maximum atomic E-state index is 5.48. The van der Waals surface area contributed by atoms with Crippen LogP contribution in [0.3, 0.4) is 0 Å². The molecule has 0 aromatic carbocycles. The minimum absolute atomic E-state index is 0.236. The van der Waals surface area contributed by atoms with Gasteiger partial charge in [-0.25, -0.2) is 0 Å². The number of hydrogen-bond donors (Lipinski definition) is 0. The van der Waals surface area contributed by atoms with Crippen LogP contribution in [-0.4, -0.2) is 19.2 Å². The molecule has 1 heterocycles. The van der Waals surface area contributed by atoms with Gasteiger partial charge in [0.1, 0.15) is 0 Å². The van der Waals surface area contributed by atoms with Gasteiger partial charge in [0.05, 0.1) is 0 Å². The van der Waals surface area contributed by atoms with Crippen molar-refractivity contribution < 1.29 is 9.47 Å². The Labute approximate surface area is 85.1 Å². The summed E-state index contributed by atoms with van der Waals surface area (Å²) in [6.45, 7) is 4.13. The Hall–Kier alpha value is -0.930. The van der Waals surface area contributed by atoms with Crippen LogP contribution in [-0.2, 0) is 15.3 Å². The number of aromatic nitrogens is 1. The van der Waals surface area contributed by atoms with Crippen LogP contribution in [0.2, 0.25) is 0 Å². The maximum Gasteiger partial charge on any atom is 0.196 e. The van der Waals surface area contributed by atoms with E-state index in [4.69, 9.17) is 9.47 Å². The van der Waals surface area contributed by atoms with Crippen LogP contribution < -0.4 is 0 Å². The van der Waals surface area contributed by atoms with Crippen LogP contribution in [0.4, 0.5) is 0 Å². The number of hydrogen-bond acceptors (Lipinski definition) is 3. The molecular weight excluding hydrogens is 178 g/mol. The van der Waals surface area contributed by atoms with Gasteiger partial charge in [-0.3, -0.25) is 4.98 Å². The lowest BCUT2D eigenvalue weighted by Gasteiger charge is -2.34. The quantitative estimate of drug-likeness (QED) is 0.690. The molecule has 0 spiro atoms. The first kappa shape index (κ1) is 11.1. The number of ether oxygens (including phenoxy) is 2. The number of rotatable bonds is 4. The number of methoxy groups -OCH3 is 2. The van der Waals surface area contributed by atoms with Gasteiger partial charge < -0.3 is 9.47 Å². The molecule has 0 atom stereocenters. The van der Waals surface area contributed by atoms with Gasteiger partial charge in [-0.1, -0.05) is 13.8 Å². The Morgan fingerprint density at radius 1 is 1.14 bits per heavy atom. The van der Waals surface area contributed by atoms with Gasteiger partial charge in [0.25, 0.3) is 0 Å². The Balaban J connectivity index is 3.11. The minimum Gasteiger partial charge on any atom is -0.349 e. The molecule has 0 aliphatic carbocycles. The second-order valence-corrected chi connectivity index (χ2v) is 3.47. The van der Waals surface area contributed by atoms with Gasteiger partial charge in [-0.05, 0) is 12.1 Å². The summed E-state index contributed by atoms with van der Waals surface area (Å²) < 4.78 is 11.0. The van der Waals surface area contributed by atoms with E-state index in [0.717, 1.165) is 5.56 Å². The molecular formula is C11H17NO2. The Kier molecular flexibility index (Phi) is 3.61. The Morgan fingerprint density at radius 2 is 1.64 bits per heavy atom. The highest BCUT2D eigenvalue weighted by Crippen LogP contribution is 2.33. The maximum absolute atomic E-state index is 5.48. The molecule has 0 unspecified atom stereocenters. The fourth-order valence-electron chi connectivity index (χ4n) is 1.71. The van der Waals surface area contributed by atoms with Gasteiger partial charge in [0.15, 0.2) is 5.79 Å². The summed E-state index contributed by atoms with van der Waals surface area (Å²) in [6, 6.07) is 3.82. The molecule has 0 amide bonds. The zero-order valence-electron chi connectivity index (χ0n) is 9.15. The highest BCUT2D eigenvalue weighted by atomic mass is 16.7. The smallest absolute Gasteiger partial charge is 0.196 e. The summed E-state index contributed by atoms with van der Waals surface area (Å²) in [4.78, 5) is 3.98. The van der Waals surface area contributed by atoms with Crippen LogP contribution in [0.15, 0.2) is 24.5 Å². The first-order valence-corrected chi connectivity index (χ1v) is 4.68. The van der Waals surface area contributed by atoms with Crippen LogP contribution in [0.25, 0.3) is 0 Å². The summed E-state index contributed by atoms with van der Waals surface area (Å²) in [5.74, 6) is -0.428. The van der Waals surface area contributed by atoms with Crippen molar-refractivity contribution in [1.82, 2.24) is 4.98 Å². The van der Waals surface area contributed by atoms with E-state index in [2.05, 4.69) is 18.8 Å². The van der Waals surface area contributed by atoms with E-state index in [-0.39, 0.29) is 5.92 Å². The molecule has 0 saturated heterocycles. The molecule has 1 aromatic rings. The fraction of sp³-hybridized carbons (Fsp3) is 0.545. The molecule has 3 heteroatoms. The first-order chi connectivity index (χ1) is 6.67. The molecule has 0 aliphatic heterocycles. The molecule has 0 N–H and O–H groups in total. The van der Waals surface area contributed by atoms with E-state index in [0.29, 0.717) is 0 Å². The molecule has 1 aromatic heterocycles. The van der Waals surface area contributed by atoms with Crippen LogP contribution in [0.1, 0.15) is 19.4 Å². The van der Waals surface area contributed by atoms with Crippen molar-refractivity contribution in [3.63, 3.8) is 0 Å². The van der Waals surface area contributed by atoms with Crippen molar-refractivity contribution in [2.45, 2.75) is 19.6 Å². The number of nitrogens with zero attached hydrogens (tertiary/aromatic N) is 1. The third-order valence-electron chi connectivity index (χ3n) is 2.45. The molecule has 3 nitrogen and oxygen atoms in total. The third kappa shape index (κ3) is 1.79. The zero-order valence-corrected chi connectivity index (χ0v) is 9.15. The Morgan fingerprint density at radius 3 is 2.00 bits per heavy atom. The van der Waals surface area contributed by atoms with Crippen molar-refractivity contribution >= 4 is 0 Å². The summed E-state index contributed by atoms with van der Waals surface area (Å²) in [5.41, 5.74) is 0.993. The monoisotopic (exact) mass is 195 g/mol. The molecule has 78 valence electrons. The Bertz CT molecular complexity index is 268. The highest BCUT2D eigenvalue weighted by Gasteiger charge is 2.35. The highest BCUT2D eigenvalue weighted by molar-refractivity contribution is 5.17. The first-order valence-electron chi connectivity index (χ1n) is 4.68. The van der Waals surface area contributed by atoms with Gasteiger partial charge in [-0.2, -0.15) is 0 Å². The molecule has 14 heavy (non-hydrogen) atoms. The number of pyridine rings is 1. The predicted octanol–water partition coefficient (Wildman–Crippen LogP) is 2.18. The second-order valence-electron chi connectivity index (χ2n) is 3.47. The second kappa shape index (κ2) is 4.53. The van der Waals surface area contributed by atoms with E-state index >= 15 is 0 Å². The lowest BCUT2D eigenvalue weighted by molar-refractivity contribution is -0.243. The van der Waals surface area contributed by atoms with Crippen molar-refractivity contribution in [3.8, 4) is 0 Å². The van der Waals surface area contributed by atoms with E-state index in [9.17, 15) is 0 Å². The SMILES string of the molecule is COC(OC)(c1ccncc1)C(C)C. The zero-order chi connectivity index (χ0) is 10.6. The van der Waals surface area contributed by atoms with Crippen LogP contribution >= 0.6 is 0 Å². The standard InChI is InChI=1S/C11H17NO2/c1-9(2)11(13-3,14-4)10-5-7-12-8-6-10/h5-9H,1-4H3. The van der Waals surface area contributed by atoms with Crippen molar-refractivity contribution in [1.29, 1.82) is 0 Å². The van der Waals surface area contributed by atoms with E-state index in [1.165, 1.54) is 0 Å². The molecule has 0 fully saturated rings. The van der Waals surface area contributed by atoms with Crippen LogP contribution in [0.5, 0.6) is 0 Å². The van der Waals surface area contributed by atoms with E-state index in [1.54, 1.807) is 26.6 Å². The van der Waals surface area contributed by atoms with Crippen molar-refractivity contribution in [3.05, 3.63) is 30.1 Å². The molecule has 1 rings (SSSR count). The molecule has 0 aliphatic rings. The van der Waals surface area contributed by atoms with Crippen molar-refractivity contribution in [2.75, 3.05) is 14.2 Å².